The van der Waals surface area contributed by atoms with Crippen molar-refractivity contribution in [1.82, 2.24) is 9.99 Å². The third-order valence-corrected chi connectivity index (χ3v) is 4.71. The first-order valence-corrected chi connectivity index (χ1v) is 9.12. The Morgan fingerprint density at radius 3 is 2.17 bits per heavy atom. The lowest BCUT2D eigenvalue weighted by atomic mass is 10.1. The van der Waals surface area contributed by atoms with Gasteiger partial charge in [0.2, 0.25) is 0 Å². The summed E-state index contributed by atoms with van der Waals surface area (Å²) < 4.78 is 1.75. The quantitative estimate of drug-likeness (QED) is 0.240. The van der Waals surface area contributed by atoms with Gasteiger partial charge in [0.05, 0.1) is 27.7 Å². The van der Waals surface area contributed by atoms with Crippen molar-refractivity contribution in [2.24, 2.45) is 5.10 Å². The average Bonchev–Trinajstić information content (AvgIpc) is 2.77. The van der Waals surface area contributed by atoms with E-state index in [1.165, 1.54) is 18.3 Å². The number of hydrogen-bond acceptors (Lipinski definition) is 5. The number of para-hydroxylation sites is 3. The number of nitro groups is 1. The van der Waals surface area contributed by atoms with E-state index in [9.17, 15) is 19.7 Å². The first-order chi connectivity index (χ1) is 14.6. The molecule has 1 N–H and O–H groups in total. The van der Waals surface area contributed by atoms with E-state index in [1.807, 2.05) is 0 Å². The van der Waals surface area contributed by atoms with Gasteiger partial charge in [-0.25, -0.2) is 5.43 Å². The average molecular weight is 400 g/mol. The molecule has 0 atom stereocenters. The third kappa shape index (κ3) is 3.53. The molecule has 8 nitrogen and oxygen atoms in total. The monoisotopic (exact) mass is 400 g/mol. The minimum atomic E-state index is -0.512. The van der Waals surface area contributed by atoms with Crippen LogP contribution in [0.25, 0.3) is 21.8 Å². The number of nitro benzene ring substituents is 1. The van der Waals surface area contributed by atoms with Gasteiger partial charge in [-0.3, -0.25) is 19.7 Å². The van der Waals surface area contributed by atoms with Crippen molar-refractivity contribution in [3.05, 3.63) is 98.7 Å². The second kappa shape index (κ2) is 7.96. The largest absolute Gasteiger partial charge is 0.331 e. The molecule has 4 rings (SSSR count). The highest BCUT2D eigenvalue weighted by molar-refractivity contribution is 5.95. The van der Waals surface area contributed by atoms with Crippen molar-refractivity contribution in [2.45, 2.75) is 6.54 Å². The zero-order valence-corrected chi connectivity index (χ0v) is 15.7. The lowest BCUT2D eigenvalue weighted by Crippen LogP contribution is -2.25. The summed E-state index contributed by atoms with van der Waals surface area (Å²) in [5.74, 6) is -0.427. The Kier molecular flexibility index (Phi) is 5.04. The van der Waals surface area contributed by atoms with Crippen molar-refractivity contribution < 1.29 is 9.72 Å². The van der Waals surface area contributed by atoms with Crippen molar-refractivity contribution in [3.63, 3.8) is 0 Å². The van der Waals surface area contributed by atoms with Crippen LogP contribution < -0.4 is 10.9 Å². The molecule has 148 valence electrons. The van der Waals surface area contributed by atoms with Crippen LogP contribution in [-0.4, -0.2) is 21.6 Å². The summed E-state index contributed by atoms with van der Waals surface area (Å²) in [6, 6.07) is 20.3. The fourth-order valence-electron chi connectivity index (χ4n) is 3.36. The van der Waals surface area contributed by atoms with Gasteiger partial charge in [-0.1, -0.05) is 36.4 Å². The number of aromatic nitrogens is 1. The number of benzene rings is 3. The predicted octanol–water partition coefficient (Wildman–Crippen LogP) is 3.21. The molecule has 3 aromatic carbocycles. The maximum absolute atomic E-state index is 12.7. The fourth-order valence-corrected chi connectivity index (χ4v) is 3.36. The molecule has 0 spiro atoms. The summed E-state index contributed by atoms with van der Waals surface area (Å²) in [5.41, 5.74) is 3.76. The number of fused-ring (bicyclic) bond motifs is 2. The van der Waals surface area contributed by atoms with Gasteiger partial charge in [0.25, 0.3) is 11.6 Å². The van der Waals surface area contributed by atoms with Gasteiger partial charge in [-0.2, -0.15) is 5.10 Å². The molecule has 1 amide bonds. The zero-order chi connectivity index (χ0) is 21.1. The summed E-state index contributed by atoms with van der Waals surface area (Å²) in [6.07, 6.45) is 1.23. The Labute approximate surface area is 170 Å². The molecule has 0 saturated heterocycles. The molecular weight excluding hydrogens is 384 g/mol. The minimum Gasteiger partial charge on any atom is -0.331 e. The van der Waals surface area contributed by atoms with Crippen LogP contribution in [0, 0.1) is 10.1 Å². The van der Waals surface area contributed by atoms with Gasteiger partial charge in [-0.05, 0) is 30.3 Å². The van der Waals surface area contributed by atoms with E-state index in [2.05, 4.69) is 10.5 Å². The molecule has 0 bridgehead atoms. The molecule has 8 heteroatoms. The van der Waals surface area contributed by atoms with Crippen molar-refractivity contribution >= 4 is 39.6 Å². The maximum atomic E-state index is 12.7. The molecule has 0 saturated carbocycles. The fraction of sp³-hybridized carbons (Fsp3) is 0.0455. The highest BCUT2D eigenvalue weighted by atomic mass is 16.6. The molecule has 30 heavy (non-hydrogen) atoms. The minimum absolute atomic E-state index is 0.0739. The summed E-state index contributed by atoms with van der Waals surface area (Å²) in [4.78, 5) is 35.8. The second-order valence-electron chi connectivity index (χ2n) is 6.56. The number of amides is 1. The molecular formula is C22H16N4O4. The van der Waals surface area contributed by atoms with Crippen LogP contribution in [0.15, 0.2) is 82.7 Å². The van der Waals surface area contributed by atoms with Crippen LogP contribution in [0.2, 0.25) is 0 Å². The smallest absolute Gasteiger partial charge is 0.278 e. The summed E-state index contributed by atoms with van der Waals surface area (Å²) >= 11 is 0. The van der Waals surface area contributed by atoms with Crippen LogP contribution in [0.4, 0.5) is 5.69 Å². The molecule has 0 fully saturated rings. The highest BCUT2D eigenvalue weighted by Gasteiger charge is 2.13. The molecule has 0 unspecified atom stereocenters. The van der Waals surface area contributed by atoms with Crippen LogP contribution >= 0.6 is 0 Å². The van der Waals surface area contributed by atoms with Gasteiger partial charge in [0.15, 0.2) is 5.43 Å². The number of hydrazone groups is 1. The number of carbonyl (C=O) groups is 1. The van der Waals surface area contributed by atoms with E-state index in [0.717, 1.165) is 0 Å². The molecule has 1 heterocycles. The van der Waals surface area contributed by atoms with E-state index < -0.39 is 10.8 Å². The second-order valence-corrected chi connectivity index (χ2v) is 6.56. The summed E-state index contributed by atoms with van der Waals surface area (Å²) in [6.45, 7) is -0.0739. The van der Waals surface area contributed by atoms with E-state index in [-0.39, 0.29) is 23.2 Å². The Balaban J connectivity index is 1.65. The Hall–Kier alpha value is -4.33. The van der Waals surface area contributed by atoms with E-state index in [1.54, 1.807) is 65.2 Å². The highest BCUT2D eigenvalue weighted by Crippen LogP contribution is 2.19. The predicted molar refractivity (Wildman–Crippen MR) is 115 cm³/mol. The Bertz CT molecular complexity index is 1310. The van der Waals surface area contributed by atoms with Crippen LogP contribution in [-0.2, 0) is 11.3 Å². The molecule has 4 aromatic rings. The zero-order valence-electron chi connectivity index (χ0n) is 15.7. The number of rotatable bonds is 5. The standard InChI is InChI=1S/C22H16N4O4/c27-21(24-23-13-15-7-1-4-10-18(15)26(29)30)14-25-19-11-5-2-8-16(19)22(28)17-9-3-6-12-20(17)25/h1-13H,14H2,(H,24,27). The first kappa shape index (κ1) is 19.0. The van der Waals surface area contributed by atoms with Crippen LogP contribution in [0.5, 0.6) is 0 Å². The van der Waals surface area contributed by atoms with Crippen LogP contribution in [0.1, 0.15) is 5.56 Å². The van der Waals surface area contributed by atoms with Gasteiger partial charge in [0.1, 0.15) is 6.54 Å². The maximum Gasteiger partial charge on any atom is 0.278 e. The van der Waals surface area contributed by atoms with Crippen molar-refractivity contribution in [2.75, 3.05) is 0 Å². The summed E-state index contributed by atoms with van der Waals surface area (Å²) in [7, 11) is 0. The third-order valence-electron chi connectivity index (χ3n) is 4.71. The molecule has 1 aromatic heterocycles. The molecule has 0 radical (unpaired) electrons. The number of nitrogens with one attached hydrogen (secondary N) is 1. The lowest BCUT2D eigenvalue weighted by Gasteiger charge is -2.14. The topological polar surface area (TPSA) is 107 Å². The van der Waals surface area contributed by atoms with Crippen molar-refractivity contribution in [3.8, 4) is 0 Å². The first-order valence-electron chi connectivity index (χ1n) is 9.12. The lowest BCUT2D eigenvalue weighted by molar-refractivity contribution is -0.385. The summed E-state index contributed by atoms with van der Waals surface area (Å²) in [5, 5.41) is 16.0. The van der Waals surface area contributed by atoms with Gasteiger partial charge in [0, 0.05) is 16.8 Å². The van der Waals surface area contributed by atoms with Gasteiger partial charge < -0.3 is 4.57 Å². The van der Waals surface area contributed by atoms with Gasteiger partial charge >= 0.3 is 0 Å². The van der Waals surface area contributed by atoms with E-state index >= 15 is 0 Å². The molecule has 0 aliphatic heterocycles. The van der Waals surface area contributed by atoms with Crippen LogP contribution in [0.3, 0.4) is 0 Å². The normalized spacial score (nSPS) is 11.2. The Morgan fingerprint density at radius 1 is 0.967 bits per heavy atom. The molecule has 0 aliphatic carbocycles. The Morgan fingerprint density at radius 2 is 1.53 bits per heavy atom. The van der Waals surface area contributed by atoms with Gasteiger partial charge in [-0.15, -0.1) is 0 Å². The number of nitrogens with zero attached hydrogens (tertiary/aromatic N) is 3. The van der Waals surface area contributed by atoms with E-state index in [4.69, 9.17) is 0 Å². The SMILES string of the molecule is O=C(Cn1c2ccccc2c(=O)c2ccccc21)NN=Cc1ccccc1[N+](=O)[O-]. The van der Waals surface area contributed by atoms with Crippen molar-refractivity contribution in [1.29, 1.82) is 0 Å². The molecule has 0 aliphatic rings. The number of carbonyl (C=O) groups excluding carboxylic acids is 1. The number of pyridine rings is 1. The number of hydrogen-bond donors (Lipinski definition) is 1. The van der Waals surface area contributed by atoms with E-state index in [0.29, 0.717) is 21.8 Å².